The van der Waals surface area contributed by atoms with E-state index < -0.39 is 23.3 Å². The lowest BCUT2D eigenvalue weighted by Crippen LogP contribution is -2.23. The van der Waals surface area contributed by atoms with E-state index >= 15 is 0 Å². The van der Waals surface area contributed by atoms with Crippen LogP contribution in [0.1, 0.15) is 15.9 Å². The van der Waals surface area contributed by atoms with E-state index in [0.29, 0.717) is 5.69 Å². The summed E-state index contributed by atoms with van der Waals surface area (Å²) in [5.74, 6) is -5.94. The molecule has 1 aliphatic rings. The van der Waals surface area contributed by atoms with Crippen molar-refractivity contribution in [3.63, 3.8) is 0 Å². The van der Waals surface area contributed by atoms with Crippen LogP contribution < -0.4 is 16.0 Å². The lowest BCUT2D eigenvalue weighted by Gasteiger charge is -2.10. The molecule has 0 fully saturated rings. The zero-order valence-electron chi connectivity index (χ0n) is 13.3. The summed E-state index contributed by atoms with van der Waals surface area (Å²) in [7, 11) is 0. The largest absolute Gasteiger partial charge is 0.352 e. The fraction of sp³-hybridized carbons (Fsp3) is 0.0556. The molecule has 3 rings (SSSR count). The number of anilines is 3. The van der Waals surface area contributed by atoms with Gasteiger partial charge in [-0.25, -0.2) is 0 Å². The van der Waals surface area contributed by atoms with Crippen molar-refractivity contribution in [2.45, 2.75) is 5.92 Å². The summed E-state index contributed by atoms with van der Waals surface area (Å²) in [5, 5.41) is 7.12. The van der Waals surface area contributed by atoms with E-state index in [0.717, 1.165) is 12.1 Å². The van der Waals surface area contributed by atoms with Crippen molar-refractivity contribution in [1.82, 2.24) is 0 Å². The summed E-state index contributed by atoms with van der Waals surface area (Å²) in [5.41, 5.74) is 0.410. The van der Waals surface area contributed by atoms with E-state index in [2.05, 4.69) is 22.5 Å². The Kier molecular flexibility index (Phi) is 4.25. The number of fused-ring (bicyclic) bond motifs is 1. The highest BCUT2D eigenvalue weighted by atomic mass is 19.3. The van der Waals surface area contributed by atoms with Crippen LogP contribution >= 0.6 is 0 Å². The fourth-order valence-electron chi connectivity index (χ4n) is 2.42. The van der Waals surface area contributed by atoms with Crippen LogP contribution in [0.25, 0.3) is 0 Å². The van der Waals surface area contributed by atoms with Crippen LogP contribution in [-0.2, 0) is 15.5 Å². The van der Waals surface area contributed by atoms with Crippen LogP contribution in [0.15, 0.2) is 55.1 Å². The van der Waals surface area contributed by atoms with Crippen molar-refractivity contribution in [3.8, 4) is 0 Å². The monoisotopic (exact) mass is 357 g/mol. The van der Waals surface area contributed by atoms with Crippen molar-refractivity contribution in [2.75, 3.05) is 16.0 Å². The predicted octanol–water partition coefficient (Wildman–Crippen LogP) is 3.11. The number of carbonyl (C=O) groups excluding carboxylic acids is 3. The number of amides is 3. The number of halogens is 2. The highest BCUT2D eigenvalue weighted by Crippen LogP contribution is 2.41. The van der Waals surface area contributed by atoms with Crippen molar-refractivity contribution < 1.29 is 23.2 Å². The van der Waals surface area contributed by atoms with Crippen LogP contribution in [0.3, 0.4) is 0 Å². The van der Waals surface area contributed by atoms with Gasteiger partial charge in [-0.2, -0.15) is 8.78 Å². The summed E-state index contributed by atoms with van der Waals surface area (Å²) >= 11 is 0. The van der Waals surface area contributed by atoms with Crippen LogP contribution in [0.5, 0.6) is 0 Å². The zero-order valence-corrected chi connectivity index (χ0v) is 13.3. The summed E-state index contributed by atoms with van der Waals surface area (Å²) in [6.45, 7) is 3.33. The number of alkyl halides is 2. The third-order valence-electron chi connectivity index (χ3n) is 3.75. The van der Waals surface area contributed by atoms with Gasteiger partial charge in [0.1, 0.15) is 0 Å². The van der Waals surface area contributed by atoms with Crippen LogP contribution in [0.4, 0.5) is 25.8 Å². The van der Waals surface area contributed by atoms with Gasteiger partial charge in [-0.3, -0.25) is 14.4 Å². The van der Waals surface area contributed by atoms with Gasteiger partial charge in [0.15, 0.2) is 0 Å². The maximum absolute atomic E-state index is 13.8. The Balaban J connectivity index is 1.75. The molecule has 0 spiro atoms. The first-order valence-corrected chi connectivity index (χ1v) is 7.50. The standard InChI is InChI=1S/C18H13F2N3O3/c1-2-15(24)21-11-5-3-10(4-6-11)16(25)22-12-7-8-14-13(9-12)18(19,20)17(26)23-14/h2-9H,1H2,(H,21,24)(H,22,25)(H,23,26). The van der Waals surface area contributed by atoms with Crippen molar-refractivity contribution in [3.05, 3.63) is 66.2 Å². The maximum Gasteiger partial charge on any atom is 0.352 e. The molecule has 26 heavy (non-hydrogen) atoms. The van der Waals surface area contributed by atoms with E-state index in [-0.39, 0.29) is 22.8 Å². The number of nitrogens with one attached hydrogen (secondary N) is 3. The molecule has 0 unspecified atom stereocenters. The van der Waals surface area contributed by atoms with Gasteiger partial charge < -0.3 is 16.0 Å². The third-order valence-corrected chi connectivity index (χ3v) is 3.75. The second-order valence-corrected chi connectivity index (χ2v) is 5.51. The van der Waals surface area contributed by atoms with Gasteiger partial charge in [0, 0.05) is 16.9 Å². The van der Waals surface area contributed by atoms with Gasteiger partial charge in [-0.15, -0.1) is 0 Å². The predicted molar refractivity (Wildman–Crippen MR) is 92.2 cm³/mol. The minimum atomic E-state index is -3.64. The molecule has 3 N–H and O–H groups in total. The topological polar surface area (TPSA) is 87.3 Å². The Morgan fingerprint density at radius 1 is 1.04 bits per heavy atom. The first-order valence-electron chi connectivity index (χ1n) is 7.50. The van der Waals surface area contributed by atoms with Crippen molar-refractivity contribution in [2.24, 2.45) is 0 Å². The molecule has 0 saturated carbocycles. The minimum absolute atomic E-state index is 0.0142. The average Bonchev–Trinajstić information content (AvgIpc) is 2.85. The van der Waals surface area contributed by atoms with Gasteiger partial charge in [-0.1, -0.05) is 6.58 Å². The number of rotatable bonds is 4. The Morgan fingerprint density at radius 2 is 1.69 bits per heavy atom. The summed E-state index contributed by atoms with van der Waals surface area (Å²) in [6, 6.07) is 9.77. The minimum Gasteiger partial charge on any atom is -0.323 e. The highest BCUT2D eigenvalue weighted by molar-refractivity contribution is 6.07. The van der Waals surface area contributed by atoms with Crippen LogP contribution in [0.2, 0.25) is 0 Å². The molecule has 0 bridgehead atoms. The van der Waals surface area contributed by atoms with Gasteiger partial charge in [-0.05, 0) is 48.5 Å². The molecule has 2 aromatic rings. The fourth-order valence-corrected chi connectivity index (χ4v) is 2.42. The molecule has 0 aliphatic carbocycles. The number of hydrogen-bond acceptors (Lipinski definition) is 3. The van der Waals surface area contributed by atoms with E-state index in [4.69, 9.17) is 0 Å². The van der Waals surface area contributed by atoms with Crippen molar-refractivity contribution in [1.29, 1.82) is 0 Å². The highest BCUT2D eigenvalue weighted by Gasteiger charge is 2.48. The Bertz CT molecular complexity index is 924. The molecule has 132 valence electrons. The van der Waals surface area contributed by atoms with Crippen LogP contribution in [-0.4, -0.2) is 17.7 Å². The van der Waals surface area contributed by atoms with E-state index in [1.54, 1.807) is 0 Å². The molecule has 0 saturated heterocycles. The van der Waals surface area contributed by atoms with Gasteiger partial charge in [0.25, 0.3) is 11.8 Å². The normalized spacial score (nSPS) is 14.2. The molecule has 3 amide bonds. The molecule has 0 aromatic heterocycles. The molecular weight excluding hydrogens is 344 g/mol. The van der Waals surface area contributed by atoms with Gasteiger partial charge in [0.05, 0.1) is 11.3 Å². The Hall–Kier alpha value is -3.55. The van der Waals surface area contributed by atoms with Crippen LogP contribution in [0, 0.1) is 0 Å². The van der Waals surface area contributed by atoms with E-state index in [1.807, 2.05) is 0 Å². The number of carbonyl (C=O) groups is 3. The Morgan fingerprint density at radius 3 is 2.35 bits per heavy atom. The van der Waals surface area contributed by atoms with Gasteiger partial charge in [0.2, 0.25) is 5.91 Å². The first kappa shape index (κ1) is 17.3. The molecule has 0 atom stereocenters. The summed E-state index contributed by atoms with van der Waals surface area (Å²) < 4.78 is 27.6. The zero-order chi connectivity index (χ0) is 18.9. The first-order chi connectivity index (χ1) is 12.3. The SMILES string of the molecule is C=CC(=O)Nc1ccc(C(=O)Nc2ccc3c(c2)C(F)(F)C(=O)N3)cc1. The quantitative estimate of drug-likeness (QED) is 0.735. The second-order valence-electron chi connectivity index (χ2n) is 5.51. The van der Waals surface area contributed by atoms with E-state index in [1.165, 1.54) is 36.4 Å². The molecule has 2 aromatic carbocycles. The summed E-state index contributed by atoms with van der Waals surface area (Å²) in [6.07, 6.45) is 1.11. The third kappa shape index (κ3) is 3.16. The van der Waals surface area contributed by atoms with Gasteiger partial charge >= 0.3 is 5.92 Å². The molecule has 1 aliphatic heterocycles. The molecule has 0 radical (unpaired) electrons. The lowest BCUT2D eigenvalue weighted by molar-refractivity contribution is -0.139. The van der Waals surface area contributed by atoms with E-state index in [9.17, 15) is 23.2 Å². The number of benzene rings is 2. The summed E-state index contributed by atoms with van der Waals surface area (Å²) in [4.78, 5) is 34.7. The number of hydrogen-bond donors (Lipinski definition) is 3. The Labute approximate surface area is 146 Å². The van der Waals surface area contributed by atoms with Crippen molar-refractivity contribution >= 4 is 34.8 Å². The smallest absolute Gasteiger partial charge is 0.323 e. The average molecular weight is 357 g/mol. The second kappa shape index (κ2) is 6.40. The molecule has 8 heteroatoms. The lowest BCUT2D eigenvalue weighted by atomic mass is 10.1. The maximum atomic E-state index is 13.8. The molecule has 1 heterocycles. The molecular formula is C18H13F2N3O3. The molecule has 6 nitrogen and oxygen atoms in total.